The molecule has 0 saturated carbocycles. The van der Waals surface area contributed by atoms with Gasteiger partial charge in [-0.2, -0.15) is 0 Å². The summed E-state index contributed by atoms with van der Waals surface area (Å²) in [5.74, 6) is -1.41. The summed E-state index contributed by atoms with van der Waals surface area (Å²) in [6.45, 7) is -0.202. The molecule has 1 aliphatic heterocycles. The summed E-state index contributed by atoms with van der Waals surface area (Å²) in [6.07, 6.45) is 0. The summed E-state index contributed by atoms with van der Waals surface area (Å²) >= 11 is 0. The van der Waals surface area contributed by atoms with Crippen LogP contribution in [0.15, 0.2) is 29.5 Å². The zero-order valence-electron chi connectivity index (χ0n) is 12.8. The lowest BCUT2D eigenvalue weighted by Crippen LogP contribution is -2.31. The van der Waals surface area contributed by atoms with Crippen molar-refractivity contribution in [1.82, 2.24) is 4.90 Å². The van der Waals surface area contributed by atoms with E-state index in [2.05, 4.69) is 10.1 Å². The molecule has 0 unspecified atom stereocenters. The number of aliphatic hydroxyl groups excluding tert-OH is 1. The highest BCUT2D eigenvalue weighted by atomic mass is 19.1. The molecule has 1 amide bonds. The molecule has 0 atom stereocenters. The molecule has 0 radical (unpaired) electrons. The topological polar surface area (TPSA) is 88.1 Å². The fraction of sp³-hybridized carbons (Fsp3) is 0.333. The zero-order chi connectivity index (χ0) is 17.0. The maximum absolute atomic E-state index is 13.9. The van der Waals surface area contributed by atoms with E-state index in [0.29, 0.717) is 5.75 Å². The van der Waals surface area contributed by atoms with E-state index in [1.165, 1.54) is 37.3 Å². The molecule has 0 aliphatic carbocycles. The number of ether oxygens (including phenoxy) is 2. The number of rotatable bonds is 6. The fourth-order valence-corrected chi connectivity index (χ4v) is 2.21. The summed E-state index contributed by atoms with van der Waals surface area (Å²) in [4.78, 5) is 25.4. The molecule has 0 fully saturated rings. The van der Waals surface area contributed by atoms with Crippen molar-refractivity contribution >= 4 is 17.6 Å². The van der Waals surface area contributed by atoms with Gasteiger partial charge in [0.05, 0.1) is 38.6 Å². The zero-order valence-corrected chi connectivity index (χ0v) is 12.8. The van der Waals surface area contributed by atoms with Crippen LogP contribution < -0.4 is 10.1 Å². The second kappa shape index (κ2) is 7.10. The fourth-order valence-electron chi connectivity index (χ4n) is 2.21. The van der Waals surface area contributed by atoms with Crippen molar-refractivity contribution in [3.05, 3.63) is 35.3 Å². The van der Waals surface area contributed by atoms with Crippen molar-refractivity contribution in [1.29, 1.82) is 0 Å². The molecule has 2 rings (SSSR count). The maximum atomic E-state index is 13.9. The third kappa shape index (κ3) is 3.42. The molecular weight excluding hydrogens is 307 g/mol. The van der Waals surface area contributed by atoms with Gasteiger partial charge in [0.25, 0.3) is 5.91 Å². The Labute approximate surface area is 132 Å². The number of nitrogens with zero attached hydrogens (tertiary/aromatic N) is 1. The van der Waals surface area contributed by atoms with Crippen molar-refractivity contribution in [2.75, 3.05) is 39.2 Å². The van der Waals surface area contributed by atoms with E-state index in [1.54, 1.807) is 0 Å². The van der Waals surface area contributed by atoms with Crippen LogP contribution >= 0.6 is 0 Å². The Morgan fingerprint density at radius 3 is 2.78 bits per heavy atom. The Kier molecular flexibility index (Phi) is 5.17. The number of halogens is 1. The van der Waals surface area contributed by atoms with Gasteiger partial charge in [-0.15, -0.1) is 0 Å². The normalized spacial score (nSPS) is 14.3. The van der Waals surface area contributed by atoms with E-state index in [-0.39, 0.29) is 36.7 Å². The smallest absolute Gasteiger partial charge is 0.337 e. The van der Waals surface area contributed by atoms with Gasteiger partial charge in [-0.1, -0.05) is 0 Å². The van der Waals surface area contributed by atoms with Gasteiger partial charge in [0.2, 0.25) is 0 Å². The number of nitrogens with one attached hydrogen (secondary N) is 1. The van der Waals surface area contributed by atoms with Gasteiger partial charge >= 0.3 is 5.97 Å². The lowest BCUT2D eigenvalue weighted by molar-refractivity contribution is -0.136. The van der Waals surface area contributed by atoms with Crippen LogP contribution in [-0.2, 0) is 14.3 Å². The van der Waals surface area contributed by atoms with Crippen LogP contribution in [0.1, 0.15) is 0 Å². The number of carbonyl (C=O) groups excluding carboxylic acids is 2. The van der Waals surface area contributed by atoms with Gasteiger partial charge in [0.1, 0.15) is 17.3 Å². The summed E-state index contributed by atoms with van der Waals surface area (Å²) < 4.78 is 23.6. The second-order valence-corrected chi connectivity index (χ2v) is 4.77. The quantitative estimate of drug-likeness (QED) is 0.741. The number of aliphatic hydroxyl groups is 1. The number of methoxy groups -OCH3 is 2. The Balaban J connectivity index is 2.37. The third-order valence-electron chi connectivity index (χ3n) is 3.39. The lowest BCUT2D eigenvalue weighted by Gasteiger charge is -2.15. The van der Waals surface area contributed by atoms with Gasteiger partial charge in [0.15, 0.2) is 0 Å². The maximum Gasteiger partial charge on any atom is 0.337 e. The van der Waals surface area contributed by atoms with Gasteiger partial charge in [-0.3, -0.25) is 4.79 Å². The standard InChI is InChI=1S/C15H17FN2O5/c1-22-9-3-4-11(16)12(7-9)17-13-10(15(21)23-2)8-18(5-6-19)14(13)20/h3-4,7,17,19H,5-6,8H2,1-2H3. The molecule has 0 spiro atoms. The predicted octanol–water partition coefficient (Wildman–Crippen LogP) is 0.508. The van der Waals surface area contributed by atoms with Crippen LogP contribution in [0.25, 0.3) is 0 Å². The first-order chi connectivity index (χ1) is 11.0. The van der Waals surface area contributed by atoms with Crippen LogP contribution in [0.5, 0.6) is 5.75 Å². The van der Waals surface area contributed by atoms with Gasteiger partial charge < -0.3 is 24.8 Å². The van der Waals surface area contributed by atoms with Crippen molar-refractivity contribution in [2.24, 2.45) is 0 Å². The molecule has 1 aromatic rings. The third-order valence-corrected chi connectivity index (χ3v) is 3.39. The molecule has 124 valence electrons. The van der Waals surface area contributed by atoms with Crippen molar-refractivity contribution in [3.8, 4) is 5.75 Å². The second-order valence-electron chi connectivity index (χ2n) is 4.77. The average Bonchev–Trinajstić information content (AvgIpc) is 2.86. The molecule has 8 heteroatoms. The van der Waals surface area contributed by atoms with Crippen molar-refractivity contribution in [3.63, 3.8) is 0 Å². The Morgan fingerprint density at radius 2 is 2.17 bits per heavy atom. The molecule has 1 aliphatic rings. The minimum atomic E-state index is -0.690. The summed E-state index contributed by atoms with van der Waals surface area (Å²) in [5.41, 5.74) is 0.00516. The highest BCUT2D eigenvalue weighted by Crippen LogP contribution is 2.26. The highest BCUT2D eigenvalue weighted by molar-refractivity contribution is 6.08. The number of hydrogen-bond acceptors (Lipinski definition) is 6. The predicted molar refractivity (Wildman–Crippen MR) is 79.3 cm³/mol. The van der Waals surface area contributed by atoms with Crippen LogP contribution in [0, 0.1) is 5.82 Å². The van der Waals surface area contributed by atoms with E-state index < -0.39 is 17.7 Å². The molecule has 0 bridgehead atoms. The highest BCUT2D eigenvalue weighted by Gasteiger charge is 2.34. The molecule has 1 heterocycles. The molecule has 7 nitrogen and oxygen atoms in total. The van der Waals surface area contributed by atoms with E-state index in [1.807, 2.05) is 0 Å². The lowest BCUT2D eigenvalue weighted by atomic mass is 10.2. The molecule has 1 aromatic carbocycles. The van der Waals surface area contributed by atoms with Crippen LogP contribution in [0.2, 0.25) is 0 Å². The number of hydrogen-bond donors (Lipinski definition) is 2. The van der Waals surface area contributed by atoms with E-state index in [4.69, 9.17) is 9.84 Å². The first-order valence-corrected chi connectivity index (χ1v) is 6.84. The van der Waals surface area contributed by atoms with Gasteiger partial charge in [-0.25, -0.2) is 9.18 Å². The summed E-state index contributed by atoms with van der Waals surface area (Å²) in [5, 5.41) is 11.6. The first kappa shape index (κ1) is 16.8. The van der Waals surface area contributed by atoms with E-state index >= 15 is 0 Å². The van der Waals surface area contributed by atoms with E-state index in [9.17, 15) is 14.0 Å². The van der Waals surface area contributed by atoms with Gasteiger partial charge in [0, 0.05) is 12.6 Å². The number of benzene rings is 1. The largest absolute Gasteiger partial charge is 0.497 e. The number of carbonyl (C=O) groups is 2. The Hall–Kier alpha value is -2.61. The molecule has 2 N–H and O–H groups in total. The minimum Gasteiger partial charge on any atom is -0.497 e. The average molecular weight is 324 g/mol. The molecule has 0 aromatic heterocycles. The van der Waals surface area contributed by atoms with Gasteiger partial charge in [-0.05, 0) is 12.1 Å². The number of β-amino-alcohol motifs (C(OH)–C–C–N with tert-alkyl or cyclic N) is 1. The SMILES string of the molecule is COC(=O)C1=C(Nc2cc(OC)ccc2F)C(=O)N(CCO)C1. The monoisotopic (exact) mass is 324 g/mol. The number of anilines is 1. The van der Waals surface area contributed by atoms with Crippen molar-refractivity contribution < 1.29 is 28.6 Å². The molecular formula is C15H17FN2O5. The minimum absolute atomic E-state index is 0.0000449. The first-order valence-electron chi connectivity index (χ1n) is 6.84. The number of amides is 1. The Morgan fingerprint density at radius 1 is 1.43 bits per heavy atom. The van der Waals surface area contributed by atoms with Crippen LogP contribution in [0.4, 0.5) is 10.1 Å². The van der Waals surface area contributed by atoms with Crippen LogP contribution in [0.3, 0.4) is 0 Å². The molecule has 23 heavy (non-hydrogen) atoms. The van der Waals surface area contributed by atoms with E-state index in [0.717, 1.165) is 0 Å². The van der Waals surface area contributed by atoms with Crippen molar-refractivity contribution in [2.45, 2.75) is 0 Å². The Bertz CT molecular complexity index is 659. The van der Waals surface area contributed by atoms with Crippen LogP contribution in [-0.4, -0.2) is 55.8 Å². The number of esters is 1. The summed E-state index contributed by atoms with van der Waals surface area (Å²) in [6, 6.07) is 3.99. The molecule has 0 saturated heterocycles. The summed E-state index contributed by atoms with van der Waals surface area (Å²) in [7, 11) is 2.62.